The molecule has 0 unspecified atom stereocenters. The molecule has 2 aromatic rings. The first-order valence-corrected chi connectivity index (χ1v) is 9.88. The van der Waals surface area contributed by atoms with Crippen molar-refractivity contribution in [1.82, 2.24) is 9.73 Å². The first-order chi connectivity index (χ1) is 13.1. The predicted octanol–water partition coefficient (Wildman–Crippen LogP) is 3.49. The standard InChI is InChI=1S/C18H20F3N3O3S/c1-3-24(4-2)28(26,27)14-11-9-13(10-12-14)17(25)23-22-16-8-6-5-7-15(16)18(19,20)21/h5-12,22H,3-4H2,1-2H3,(H,23,25). The normalized spacial score (nSPS) is 12.1. The van der Waals surface area contributed by atoms with Crippen molar-refractivity contribution >= 4 is 21.6 Å². The van der Waals surface area contributed by atoms with Crippen LogP contribution in [0.25, 0.3) is 0 Å². The van der Waals surface area contributed by atoms with Crippen LogP contribution in [0.3, 0.4) is 0 Å². The zero-order valence-corrected chi connectivity index (χ0v) is 16.1. The molecule has 0 aliphatic heterocycles. The van der Waals surface area contributed by atoms with Gasteiger partial charge in [-0.15, -0.1) is 0 Å². The van der Waals surface area contributed by atoms with E-state index in [0.717, 1.165) is 6.07 Å². The van der Waals surface area contributed by atoms with Gasteiger partial charge in [0.05, 0.1) is 16.1 Å². The third-order valence-electron chi connectivity index (χ3n) is 4.00. The summed E-state index contributed by atoms with van der Waals surface area (Å²) in [5, 5.41) is 0. The van der Waals surface area contributed by atoms with Crippen LogP contribution in [-0.2, 0) is 16.2 Å². The Bertz CT molecular complexity index is 925. The molecule has 152 valence electrons. The number of nitrogens with one attached hydrogen (secondary N) is 2. The number of hydrogen-bond acceptors (Lipinski definition) is 4. The lowest BCUT2D eigenvalue weighted by atomic mass is 10.2. The molecule has 0 aromatic heterocycles. The van der Waals surface area contributed by atoms with E-state index < -0.39 is 27.7 Å². The molecular formula is C18H20F3N3O3S. The van der Waals surface area contributed by atoms with Crippen LogP contribution in [0.5, 0.6) is 0 Å². The third-order valence-corrected chi connectivity index (χ3v) is 6.07. The topological polar surface area (TPSA) is 78.5 Å². The molecule has 0 heterocycles. The maximum atomic E-state index is 13.0. The van der Waals surface area contributed by atoms with Gasteiger partial charge in [0.1, 0.15) is 0 Å². The van der Waals surface area contributed by atoms with Gasteiger partial charge in [0, 0.05) is 18.7 Å². The van der Waals surface area contributed by atoms with Crippen LogP contribution in [0.1, 0.15) is 29.8 Å². The average molecular weight is 415 g/mol. The van der Waals surface area contributed by atoms with Gasteiger partial charge < -0.3 is 0 Å². The van der Waals surface area contributed by atoms with Crippen molar-refractivity contribution in [3.63, 3.8) is 0 Å². The first kappa shape index (κ1) is 21.7. The second-order valence-corrected chi connectivity index (χ2v) is 7.67. The molecule has 2 N–H and O–H groups in total. The number of benzene rings is 2. The van der Waals surface area contributed by atoms with Gasteiger partial charge in [-0.2, -0.15) is 17.5 Å². The highest BCUT2D eigenvalue weighted by molar-refractivity contribution is 7.89. The molecule has 0 aliphatic rings. The molecule has 0 saturated carbocycles. The average Bonchev–Trinajstić information content (AvgIpc) is 2.66. The summed E-state index contributed by atoms with van der Waals surface area (Å²) in [5.41, 5.74) is 3.31. The summed E-state index contributed by atoms with van der Waals surface area (Å²) in [7, 11) is -3.66. The second-order valence-electron chi connectivity index (χ2n) is 5.74. The number of carbonyl (C=O) groups excluding carboxylic acids is 1. The Kier molecular flexibility index (Phi) is 6.68. The summed E-state index contributed by atoms with van der Waals surface area (Å²) in [6.07, 6.45) is -4.57. The molecule has 0 aliphatic carbocycles. The van der Waals surface area contributed by atoms with Gasteiger partial charge in [-0.3, -0.25) is 15.6 Å². The van der Waals surface area contributed by atoms with Crippen LogP contribution >= 0.6 is 0 Å². The fourth-order valence-electron chi connectivity index (χ4n) is 2.53. The molecule has 0 spiro atoms. The maximum absolute atomic E-state index is 13.0. The number of hydrazine groups is 1. The Morgan fingerprint density at radius 2 is 1.57 bits per heavy atom. The van der Waals surface area contributed by atoms with Crippen molar-refractivity contribution in [1.29, 1.82) is 0 Å². The van der Waals surface area contributed by atoms with Crippen molar-refractivity contribution in [2.45, 2.75) is 24.9 Å². The number of nitrogens with zero attached hydrogens (tertiary/aromatic N) is 1. The monoisotopic (exact) mass is 415 g/mol. The molecule has 28 heavy (non-hydrogen) atoms. The summed E-state index contributed by atoms with van der Waals surface area (Å²) in [6, 6.07) is 9.87. The minimum atomic E-state index is -4.57. The van der Waals surface area contributed by atoms with E-state index in [2.05, 4.69) is 10.9 Å². The Hall–Kier alpha value is -2.59. The first-order valence-electron chi connectivity index (χ1n) is 8.44. The molecule has 10 heteroatoms. The largest absolute Gasteiger partial charge is 0.418 e. The van der Waals surface area contributed by atoms with Crippen LogP contribution < -0.4 is 10.9 Å². The fraction of sp³-hybridized carbons (Fsp3) is 0.278. The molecule has 2 aromatic carbocycles. The van der Waals surface area contributed by atoms with Gasteiger partial charge >= 0.3 is 6.18 Å². The van der Waals surface area contributed by atoms with Gasteiger partial charge in [-0.25, -0.2) is 8.42 Å². The molecule has 0 saturated heterocycles. The summed E-state index contributed by atoms with van der Waals surface area (Å²) in [5.74, 6) is -0.705. The van der Waals surface area contributed by atoms with Crippen LogP contribution in [0.4, 0.5) is 18.9 Å². The van der Waals surface area contributed by atoms with E-state index in [1.807, 2.05) is 0 Å². The summed E-state index contributed by atoms with van der Waals surface area (Å²) in [4.78, 5) is 12.2. The summed E-state index contributed by atoms with van der Waals surface area (Å²) in [6.45, 7) is 4.05. The Morgan fingerprint density at radius 1 is 1.00 bits per heavy atom. The number of rotatable bonds is 7. The van der Waals surface area contributed by atoms with Crippen LogP contribution in [0, 0.1) is 0 Å². The van der Waals surface area contributed by atoms with E-state index in [1.54, 1.807) is 13.8 Å². The van der Waals surface area contributed by atoms with Gasteiger partial charge in [-0.1, -0.05) is 26.0 Å². The van der Waals surface area contributed by atoms with Crippen molar-refractivity contribution < 1.29 is 26.4 Å². The highest BCUT2D eigenvalue weighted by Gasteiger charge is 2.33. The van der Waals surface area contributed by atoms with Gasteiger partial charge in [0.2, 0.25) is 10.0 Å². The maximum Gasteiger partial charge on any atom is 0.418 e. The zero-order valence-electron chi connectivity index (χ0n) is 15.2. The quantitative estimate of drug-likeness (QED) is 0.679. The van der Waals surface area contributed by atoms with Crippen molar-refractivity contribution in [3.8, 4) is 0 Å². The molecular weight excluding hydrogens is 395 g/mol. The van der Waals surface area contributed by atoms with Crippen LogP contribution in [0.15, 0.2) is 53.4 Å². The van der Waals surface area contributed by atoms with Crippen molar-refractivity contribution in [3.05, 3.63) is 59.7 Å². The smallest absolute Gasteiger partial charge is 0.298 e. The SMILES string of the molecule is CCN(CC)S(=O)(=O)c1ccc(C(=O)NNc2ccccc2C(F)(F)F)cc1. The Morgan fingerprint density at radius 3 is 2.11 bits per heavy atom. The van der Waals surface area contributed by atoms with Crippen LogP contribution in [-0.4, -0.2) is 31.7 Å². The van der Waals surface area contributed by atoms with E-state index in [9.17, 15) is 26.4 Å². The number of amides is 1. The summed E-state index contributed by atoms with van der Waals surface area (Å²) < 4.78 is 65.0. The number of alkyl halides is 3. The van der Waals surface area contributed by atoms with Gasteiger partial charge in [-0.05, 0) is 36.4 Å². The highest BCUT2D eigenvalue weighted by atomic mass is 32.2. The third kappa shape index (κ3) is 4.82. The number of halogens is 3. The molecule has 1 amide bonds. The fourth-order valence-corrected chi connectivity index (χ4v) is 3.98. The lowest BCUT2D eigenvalue weighted by Crippen LogP contribution is -2.31. The molecule has 0 radical (unpaired) electrons. The molecule has 6 nitrogen and oxygen atoms in total. The van der Waals surface area contributed by atoms with E-state index >= 15 is 0 Å². The predicted molar refractivity (Wildman–Crippen MR) is 99.1 cm³/mol. The van der Waals surface area contributed by atoms with Crippen molar-refractivity contribution in [2.75, 3.05) is 18.5 Å². The number of anilines is 1. The summed E-state index contributed by atoms with van der Waals surface area (Å²) >= 11 is 0. The van der Waals surface area contributed by atoms with Gasteiger partial charge in [0.15, 0.2) is 0 Å². The van der Waals surface area contributed by atoms with E-state index in [1.165, 1.54) is 46.8 Å². The minimum Gasteiger partial charge on any atom is -0.298 e. The lowest BCUT2D eigenvalue weighted by molar-refractivity contribution is -0.137. The van der Waals surface area contributed by atoms with Gasteiger partial charge in [0.25, 0.3) is 5.91 Å². The van der Waals surface area contributed by atoms with Crippen molar-refractivity contribution in [2.24, 2.45) is 0 Å². The zero-order chi connectivity index (χ0) is 20.9. The number of para-hydroxylation sites is 1. The van der Waals surface area contributed by atoms with Crippen LogP contribution in [0.2, 0.25) is 0 Å². The number of hydrogen-bond donors (Lipinski definition) is 2. The molecule has 0 fully saturated rings. The van der Waals surface area contributed by atoms with E-state index in [0.29, 0.717) is 13.1 Å². The molecule has 0 bridgehead atoms. The molecule has 2 rings (SSSR count). The number of sulfonamides is 1. The lowest BCUT2D eigenvalue weighted by Gasteiger charge is -2.18. The Balaban J connectivity index is 2.13. The highest BCUT2D eigenvalue weighted by Crippen LogP contribution is 2.34. The second kappa shape index (κ2) is 8.61. The Labute approximate surface area is 161 Å². The van der Waals surface area contributed by atoms with E-state index in [-0.39, 0.29) is 16.1 Å². The number of carbonyl (C=O) groups is 1. The molecule has 0 atom stereocenters. The minimum absolute atomic E-state index is 0.0307. The van der Waals surface area contributed by atoms with E-state index in [4.69, 9.17) is 0 Å².